The van der Waals surface area contributed by atoms with Crippen molar-refractivity contribution < 1.29 is 14.7 Å². The molecule has 5 nitrogen and oxygen atoms in total. The van der Waals surface area contributed by atoms with Crippen molar-refractivity contribution in [2.45, 2.75) is 45.2 Å². The monoisotopic (exact) mass is 440 g/mol. The Labute approximate surface area is 194 Å². The summed E-state index contributed by atoms with van der Waals surface area (Å²) < 4.78 is 0. The third-order valence-corrected chi connectivity index (χ3v) is 6.06. The zero-order valence-electron chi connectivity index (χ0n) is 18.9. The van der Waals surface area contributed by atoms with Gasteiger partial charge in [-0.25, -0.2) is 0 Å². The molecule has 0 spiro atoms. The van der Waals surface area contributed by atoms with Crippen molar-refractivity contribution in [2.75, 3.05) is 0 Å². The maximum Gasteiger partial charge on any atom is 0.290 e. The molecule has 4 rings (SSSR count). The van der Waals surface area contributed by atoms with Gasteiger partial charge in [-0.2, -0.15) is 0 Å². The quantitative estimate of drug-likeness (QED) is 0.516. The van der Waals surface area contributed by atoms with Crippen LogP contribution in [0.2, 0.25) is 0 Å². The van der Waals surface area contributed by atoms with E-state index in [9.17, 15) is 14.7 Å². The molecule has 1 N–H and O–H groups in total. The summed E-state index contributed by atoms with van der Waals surface area (Å²) >= 11 is 0. The summed E-state index contributed by atoms with van der Waals surface area (Å²) in [4.78, 5) is 32.3. The third kappa shape index (κ3) is 4.87. The number of Topliss-reactive ketones (excluding diaryl/α,β-unsaturated/α-hetero) is 1. The Morgan fingerprint density at radius 2 is 1.70 bits per heavy atom. The van der Waals surface area contributed by atoms with E-state index in [0.29, 0.717) is 18.0 Å². The highest BCUT2D eigenvalue weighted by Gasteiger charge is 2.43. The Morgan fingerprint density at radius 1 is 1.00 bits per heavy atom. The van der Waals surface area contributed by atoms with Crippen LogP contribution in [0.5, 0.6) is 0 Å². The van der Waals surface area contributed by atoms with Crippen molar-refractivity contribution in [2.24, 2.45) is 0 Å². The predicted molar refractivity (Wildman–Crippen MR) is 127 cm³/mol. The molecular weight excluding hydrogens is 412 g/mol. The maximum atomic E-state index is 13.3. The van der Waals surface area contributed by atoms with Gasteiger partial charge in [-0.05, 0) is 41.2 Å². The van der Waals surface area contributed by atoms with Crippen molar-refractivity contribution in [1.29, 1.82) is 0 Å². The van der Waals surface area contributed by atoms with Gasteiger partial charge in [0.25, 0.3) is 5.91 Å². The van der Waals surface area contributed by atoms with E-state index in [-0.39, 0.29) is 24.3 Å². The van der Waals surface area contributed by atoms with Crippen LogP contribution >= 0.6 is 0 Å². The molecule has 1 atom stereocenters. The fraction of sp³-hybridized carbons (Fsp3) is 0.250. The van der Waals surface area contributed by atoms with Crippen molar-refractivity contribution in [3.05, 3.63) is 113 Å². The smallest absolute Gasteiger partial charge is 0.290 e. The second-order valence-corrected chi connectivity index (χ2v) is 8.65. The highest BCUT2D eigenvalue weighted by Crippen LogP contribution is 2.39. The topological polar surface area (TPSA) is 70.5 Å². The van der Waals surface area contributed by atoms with Crippen LogP contribution in [0, 0.1) is 0 Å². The van der Waals surface area contributed by atoms with Gasteiger partial charge in [0.2, 0.25) is 0 Å². The lowest BCUT2D eigenvalue weighted by atomic mass is 9.91. The molecule has 1 aliphatic heterocycles. The van der Waals surface area contributed by atoms with Crippen LogP contribution in [0.3, 0.4) is 0 Å². The first-order valence-corrected chi connectivity index (χ1v) is 11.3. The summed E-state index contributed by atoms with van der Waals surface area (Å²) in [5.74, 6) is -0.848. The number of aryl methyl sites for hydroxylation is 1. The van der Waals surface area contributed by atoms with Gasteiger partial charge in [0.15, 0.2) is 11.5 Å². The Hall–Kier alpha value is -3.73. The van der Waals surface area contributed by atoms with Gasteiger partial charge in [0.1, 0.15) is 0 Å². The van der Waals surface area contributed by atoms with Gasteiger partial charge < -0.3 is 10.0 Å². The van der Waals surface area contributed by atoms with Crippen LogP contribution < -0.4 is 0 Å². The van der Waals surface area contributed by atoms with Crippen molar-refractivity contribution >= 4 is 11.7 Å². The molecule has 1 amide bonds. The second-order valence-electron chi connectivity index (χ2n) is 8.65. The van der Waals surface area contributed by atoms with E-state index in [0.717, 1.165) is 11.1 Å². The Balaban J connectivity index is 1.67. The third-order valence-electron chi connectivity index (χ3n) is 6.06. The van der Waals surface area contributed by atoms with Crippen LogP contribution in [0.15, 0.2) is 90.3 Å². The molecule has 0 bridgehead atoms. The maximum absolute atomic E-state index is 13.3. The van der Waals surface area contributed by atoms with Gasteiger partial charge in [-0.15, -0.1) is 0 Å². The fourth-order valence-corrected chi connectivity index (χ4v) is 4.21. The molecule has 0 saturated carbocycles. The average molecular weight is 441 g/mol. The Kier molecular flexibility index (Phi) is 6.68. The van der Waals surface area contributed by atoms with Crippen molar-refractivity contribution in [3.8, 4) is 0 Å². The number of aliphatic hydroxyl groups is 1. The van der Waals surface area contributed by atoms with E-state index < -0.39 is 17.7 Å². The van der Waals surface area contributed by atoms with Gasteiger partial charge in [0.05, 0.1) is 23.9 Å². The van der Waals surface area contributed by atoms with E-state index in [1.165, 1.54) is 10.5 Å². The summed E-state index contributed by atoms with van der Waals surface area (Å²) in [6, 6.07) is 22.5. The number of aromatic nitrogens is 1. The van der Waals surface area contributed by atoms with Gasteiger partial charge >= 0.3 is 0 Å². The van der Waals surface area contributed by atoms with Crippen LogP contribution in [-0.2, 0) is 22.6 Å². The number of carbonyl (C=O) groups is 2. The number of benzene rings is 2. The molecule has 5 heteroatoms. The molecule has 1 aromatic heterocycles. The van der Waals surface area contributed by atoms with Crippen LogP contribution in [0.25, 0.3) is 0 Å². The Morgan fingerprint density at radius 3 is 2.33 bits per heavy atom. The molecule has 33 heavy (non-hydrogen) atoms. The number of carbonyl (C=O) groups excluding carboxylic acids is 2. The lowest BCUT2D eigenvalue weighted by Gasteiger charge is -2.27. The summed E-state index contributed by atoms with van der Waals surface area (Å²) in [5.41, 5.74) is 3.88. The molecule has 2 heterocycles. The molecule has 0 saturated heterocycles. The normalized spacial score (nSPS) is 16.0. The molecular formula is C28H28N2O3. The zero-order valence-corrected chi connectivity index (χ0v) is 18.9. The molecule has 3 aromatic rings. The standard InChI is InChI=1S/C28H28N2O3/c1-19(2)21-12-14-22(15-13-21)26-25(24(31)16-11-20-8-4-3-5-9-20)27(32)28(33)30(26)18-23-10-6-7-17-29-23/h3-10,12-15,17,19,26,32H,11,16,18H2,1-2H3. The summed E-state index contributed by atoms with van der Waals surface area (Å²) in [6.45, 7) is 4.44. The molecule has 0 radical (unpaired) electrons. The van der Waals surface area contributed by atoms with E-state index in [4.69, 9.17) is 0 Å². The molecule has 0 fully saturated rings. The largest absolute Gasteiger partial charge is 0.503 e. The Bertz CT molecular complexity index is 1150. The van der Waals surface area contributed by atoms with Crippen LogP contribution in [0.4, 0.5) is 0 Å². The van der Waals surface area contributed by atoms with Gasteiger partial charge in [-0.3, -0.25) is 14.6 Å². The SMILES string of the molecule is CC(C)c1ccc(C2C(C(=O)CCc3ccccc3)=C(O)C(=O)N2Cc2ccccn2)cc1. The van der Waals surface area contributed by atoms with E-state index in [1.807, 2.05) is 72.8 Å². The fourth-order valence-electron chi connectivity index (χ4n) is 4.21. The lowest BCUT2D eigenvalue weighted by Crippen LogP contribution is -2.31. The van der Waals surface area contributed by atoms with E-state index in [1.54, 1.807) is 6.20 Å². The first-order valence-electron chi connectivity index (χ1n) is 11.3. The minimum absolute atomic E-state index is 0.171. The molecule has 168 valence electrons. The van der Waals surface area contributed by atoms with Gasteiger partial charge in [0, 0.05) is 12.6 Å². The van der Waals surface area contributed by atoms with Crippen LogP contribution in [0.1, 0.15) is 54.6 Å². The second kappa shape index (κ2) is 9.82. The number of amides is 1. The van der Waals surface area contributed by atoms with E-state index in [2.05, 4.69) is 18.8 Å². The van der Waals surface area contributed by atoms with Gasteiger partial charge in [-0.1, -0.05) is 74.5 Å². The molecule has 0 aliphatic carbocycles. The number of hydrogen-bond acceptors (Lipinski definition) is 4. The van der Waals surface area contributed by atoms with Crippen LogP contribution in [-0.4, -0.2) is 26.7 Å². The number of aliphatic hydroxyl groups excluding tert-OH is 1. The first-order chi connectivity index (χ1) is 16.0. The summed E-state index contributed by atoms with van der Waals surface area (Å²) in [5, 5.41) is 10.8. The van der Waals surface area contributed by atoms with E-state index >= 15 is 0 Å². The first kappa shape index (κ1) is 22.5. The minimum atomic E-state index is -0.649. The minimum Gasteiger partial charge on any atom is -0.503 e. The number of nitrogens with zero attached hydrogens (tertiary/aromatic N) is 2. The molecule has 1 unspecified atom stereocenters. The predicted octanol–water partition coefficient (Wildman–Crippen LogP) is 5.30. The summed E-state index contributed by atoms with van der Waals surface area (Å²) in [6.07, 6.45) is 2.43. The number of pyridine rings is 1. The zero-order chi connectivity index (χ0) is 23.4. The van der Waals surface area contributed by atoms with Crippen molar-refractivity contribution in [1.82, 2.24) is 9.88 Å². The number of ketones is 1. The number of rotatable bonds is 8. The summed E-state index contributed by atoms with van der Waals surface area (Å²) in [7, 11) is 0. The highest BCUT2D eigenvalue weighted by molar-refractivity contribution is 6.09. The lowest BCUT2D eigenvalue weighted by molar-refractivity contribution is -0.130. The number of hydrogen-bond donors (Lipinski definition) is 1. The van der Waals surface area contributed by atoms with Crippen molar-refractivity contribution in [3.63, 3.8) is 0 Å². The molecule has 2 aromatic carbocycles. The highest BCUT2D eigenvalue weighted by atomic mass is 16.3. The average Bonchev–Trinajstić information content (AvgIpc) is 3.09. The molecule has 1 aliphatic rings.